The van der Waals surface area contributed by atoms with Gasteiger partial charge in [-0.1, -0.05) is 30.3 Å². The van der Waals surface area contributed by atoms with E-state index in [2.05, 4.69) is 16.0 Å². The molecule has 0 radical (unpaired) electrons. The minimum absolute atomic E-state index is 0.0740. The van der Waals surface area contributed by atoms with Gasteiger partial charge in [0.1, 0.15) is 6.04 Å². The Hall–Kier alpha value is -3.35. The number of urea groups is 1. The van der Waals surface area contributed by atoms with E-state index < -0.39 is 6.04 Å². The van der Waals surface area contributed by atoms with Crippen molar-refractivity contribution in [3.63, 3.8) is 0 Å². The van der Waals surface area contributed by atoms with Gasteiger partial charge < -0.3 is 20.9 Å². The van der Waals surface area contributed by atoms with Gasteiger partial charge in [-0.2, -0.15) is 0 Å². The van der Waals surface area contributed by atoms with Gasteiger partial charge in [0.25, 0.3) is 0 Å². The molecule has 0 unspecified atom stereocenters. The van der Waals surface area contributed by atoms with Gasteiger partial charge in [-0.15, -0.1) is 0 Å². The maximum absolute atomic E-state index is 12.7. The molecule has 4 rings (SSSR count). The molecule has 1 aliphatic heterocycles. The fraction of sp³-hybridized carbons (Fsp3) is 0.348. The number of amides is 4. The normalized spacial score (nSPS) is 18.0. The van der Waals surface area contributed by atoms with Crippen molar-refractivity contribution < 1.29 is 14.4 Å². The van der Waals surface area contributed by atoms with E-state index in [9.17, 15) is 14.4 Å². The molecule has 7 nitrogen and oxygen atoms in total. The number of para-hydroxylation sites is 1. The molecule has 0 bridgehead atoms. The smallest absolute Gasteiger partial charge is 0.318 e. The number of benzene rings is 2. The van der Waals surface area contributed by atoms with Crippen LogP contribution < -0.4 is 16.0 Å². The number of rotatable bonds is 6. The van der Waals surface area contributed by atoms with Crippen molar-refractivity contribution in [2.75, 3.05) is 17.2 Å². The molecule has 2 aromatic carbocycles. The van der Waals surface area contributed by atoms with Gasteiger partial charge in [-0.3, -0.25) is 9.59 Å². The monoisotopic (exact) mass is 406 g/mol. The highest BCUT2D eigenvalue weighted by Gasteiger charge is 2.34. The van der Waals surface area contributed by atoms with Crippen LogP contribution in [0.1, 0.15) is 31.2 Å². The zero-order valence-electron chi connectivity index (χ0n) is 16.8. The molecule has 7 heteroatoms. The van der Waals surface area contributed by atoms with Gasteiger partial charge in [0.15, 0.2) is 0 Å². The van der Waals surface area contributed by atoms with Gasteiger partial charge in [-0.05, 0) is 55.5 Å². The van der Waals surface area contributed by atoms with Crippen LogP contribution in [0.4, 0.5) is 16.2 Å². The number of anilines is 2. The van der Waals surface area contributed by atoms with E-state index in [1.54, 1.807) is 4.90 Å². The SMILES string of the molecule is O=C(Nc1ccc(CNC(=O)N2CCC[C@@H]2C(=O)Nc2ccccc2)cc1)C1CC1. The van der Waals surface area contributed by atoms with Crippen LogP contribution in [0, 0.1) is 5.92 Å². The summed E-state index contributed by atoms with van der Waals surface area (Å²) in [6.07, 6.45) is 3.39. The van der Waals surface area contributed by atoms with Crippen LogP contribution in [0.15, 0.2) is 54.6 Å². The van der Waals surface area contributed by atoms with E-state index in [0.717, 1.165) is 36.2 Å². The minimum atomic E-state index is -0.467. The number of nitrogens with zero attached hydrogens (tertiary/aromatic N) is 1. The molecule has 0 spiro atoms. The van der Waals surface area contributed by atoms with Crippen molar-refractivity contribution in [1.29, 1.82) is 0 Å². The summed E-state index contributed by atoms with van der Waals surface area (Å²) in [4.78, 5) is 38.7. The quantitative estimate of drug-likeness (QED) is 0.687. The number of hydrogen-bond acceptors (Lipinski definition) is 3. The summed E-state index contributed by atoms with van der Waals surface area (Å²) < 4.78 is 0. The summed E-state index contributed by atoms with van der Waals surface area (Å²) in [5.41, 5.74) is 2.42. The third kappa shape index (κ3) is 4.97. The molecule has 30 heavy (non-hydrogen) atoms. The van der Waals surface area contributed by atoms with Crippen molar-refractivity contribution in [2.45, 2.75) is 38.3 Å². The molecule has 1 atom stereocenters. The van der Waals surface area contributed by atoms with Crippen LogP contribution in [-0.4, -0.2) is 35.3 Å². The first-order valence-corrected chi connectivity index (χ1v) is 10.4. The Balaban J connectivity index is 1.28. The second-order valence-electron chi connectivity index (χ2n) is 7.83. The van der Waals surface area contributed by atoms with E-state index in [-0.39, 0.29) is 23.8 Å². The Morgan fingerprint density at radius 1 is 0.833 bits per heavy atom. The number of nitrogens with one attached hydrogen (secondary N) is 3. The van der Waals surface area contributed by atoms with E-state index >= 15 is 0 Å². The summed E-state index contributed by atoms with van der Waals surface area (Å²) in [6, 6.07) is 16.0. The first-order valence-electron chi connectivity index (χ1n) is 10.4. The minimum Gasteiger partial charge on any atom is -0.334 e. The molecule has 4 amide bonds. The third-order valence-electron chi connectivity index (χ3n) is 5.47. The molecule has 1 saturated heterocycles. The van der Waals surface area contributed by atoms with Gasteiger partial charge in [0, 0.05) is 30.4 Å². The highest BCUT2D eigenvalue weighted by Crippen LogP contribution is 2.30. The fourth-order valence-electron chi connectivity index (χ4n) is 3.60. The van der Waals surface area contributed by atoms with Crippen molar-refractivity contribution >= 4 is 29.2 Å². The molecule has 1 heterocycles. The second kappa shape index (κ2) is 8.98. The highest BCUT2D eigenvalue weighted by atomic mass is 16.2. The van der Waals surface area contributed by atoms with Crippen molar-refractivity contribution in [1.82, 2.24) is 10.2 Å². The zero-order valence-corrected chi connectivity index (χ0v) is 16.8. The number of likely N-dealkylation sites (tertiary alicyclic amines) is 1. The largest absolute Gasteiger partial charge is 0.334 e. The molecular formula is C23H26N4O3. The van der Waals surface area contributed by atoms with Crippen LogP contribution in [0.3, 0.4) is 0 Å². The van der Waals surface area contributed by atoms with Crippen LogP contribution >= 0.6 is 0 Å². The Morgan fingerprint density at radius 3 is 2.20 bits per heavy atom. The lowest BCUT2D eigenvalue weighted by Crippen LogP contribution is -2.47. The summed E-state index contributed by atoms with van der Waals surface area (Å²) in [5, 5.41) is 8.68. The Bertz CT molecular complexity index is 910. The summed E-state index contributed by atoms with van der Waals surface area (Å²) in [6.45, 7) is 0.921. The van der Waals surface area contributed by atoms with Gasteiger partial charge >= 0.3 is 6.03 Å². The van der Waals surface area contributed by atoms with E-state index in [4.69, 9.17) is 0 Å². The molecule has 3 N–H and O–H groups in total. The number of carbonyl (C=O) groups is 3. The van der Waals surface area contributed by atoms with Crippen LogP contribution in [0.5, 0.6) is 0 Å². The van der Waals surface area contributed by atoms with Crippen LogP contribution in [0.2, 0.25) is 0 Å². The number of hydrogen-bond donors (Lipinski definition) is 3. The topological polar surface area (TPSA) is 90.5 Å². The lowest BCUT2D eigenvalue weighted by Gasteiger charge is -2.24. The van der Waals surface area contributed by atoms with Gasteiger partial charge in [0.2, 0.25) is 11.8 Å². The predicted octanol–water partition coefficient (Wildman–Crippen LogP) is 3.35. The first-order chi connectivity index (χ1) is 14.6. The van der Waals surface area contributed by atoms with E-state index in [1.165, 1.54) is 0 Å². The van der Waals surface area contributed by atoms with Crippen molar-refractivity contribution in [3.8, 4) is 0 Å². The molecule has 2 aliphatic rings. The summed E-state index contributed by atoms with van der Waals surface area (Å²) >= 11 is 0. The van der Waals surface area contributed by atoms with Crippen LogP contribution in [-0.2, 0) is 16.1 Å². The maximum atomic E-state index is 12.7. The Kier molecular flexibility index (Phi) is 5.97. The molecular weight excluding hydrogens is 380 g/mol. The molecule has 0 aromatic heterocycles. The van der Waals surface area contributed by atoms with E-state index in [0.29, 0.717) is 19.5 Å². The lowest BCUT2D eigenvalue weighted by molar-refractivity contribution is -0.119. The van der Waals surface area contributed by atoms with Crippen molar-refractivity contribution in [3.05, 3.63) is 60.2 Å². The highest BCUT2D eigenvalue weighted by molar-refractivity contribution is 5.97. The second-order valence-corrected chi connectivity index (χ2v) is 7.83. The lowest BCUT2D eigenvalue weighted by atomic mass is 10.2. The average molecular weight is 406 g/mol. The molecule has 156 valence electrons. The molecule has 1 saturated carbocycles. The number of carbonyl (C=O) groups excluding carboxylic acids is 3. The average Bonchev–Trinajstić information content (AvgIpc) is 3.50. The Morgan fingerprint density at radius 2 is 1.50 bits per heavy atom. The van der Waals surface area contributed by atoms with Gasteiger partial charge in [-0.25, -0.2) is 4.79 Å². The summed E-state index contributed by atoms with van der Waals surface area (Å²) in [7, 11) is 0. The molecule has 1 aliphatic carbocycles. The van der Waals surface area contributed by atoms with Crippen LogP contribution in [0.25, 0.3) is 0 Å². The zero-order chi connectivity index (χ0) is 20.9. The molecule has 2 aromatic rings. The fourth-order valence-corrected chi connectivity index (χ4v) is 3.60. The summed E-state index contributed by atoms with van der Waals surface area (Å²) in [5.74, 6) is 0.0750. The maximum Gasteiger partial charge on any atom is 0.318 e. The van der Waals surface area contributed by atoms with E-state index in [1.807, 2.05) is 54.6 Å². The van der Waals surface area contributed by atoms with Crippen molar-refractivity contribution in [2.24, 2.45) is 5.92 Å². The Labute approximate surface area is 175 Å². The predicted molar refractivity (Wildman–Crippen MR) is 115 cm³/mol. The first kappa shape index (κ1) is 19.9. The third-order valence-corrected chi connectivity index (χ3v) is 5.47. The van der Waals surface area contributed by atoms with Gasteiger partial charge in [0.05, 0.1) is 0 Å². The molecule has 2 fully saturated rings. The standard InChI is InChI=1S/C23H26N4O3/c28-21(17-10-11-17)25-19-12-8-16(9-13-19)15-24-23(30)27-14-4-7-20(27)22(29)26-18-5-2-1-3-6-18/h1-3,5-6,8-9,12-13,17,20H,4,7,10-11,14-15H2,(H,24,30)(H,25,28)(H,26,29)/t20-/m1/s1.